The Hall–Kier alpha value is -3.07. The van der Waals surface area contributed by atoms with Gasteiger partial charge in [0.25, 0.3) is 0 Å². The highest BCUT2D eigenvalue weighted by atomic mass is 19.2. The normalized spacial score (nSPS) is 18.3. The fourth-order valence-electron chi connectivity index (χ4n) is 4.69. The van der Waals surface area contributed by atoms with E-state index >= 15 is 8.63 Å². The number of aromatic nitrogens is 1. The summed E-state index contributed by atoms with van der Waals surface area (Å²) in [6, 6.07) is 8.43. The van der Waals surface area contributed by atoms with Crippen LogP contribution in [0.2, 0.25) is 0 Å². The summed E-state index contributed by atoms with van der Waals surface area (Å²) >= 11 is 0. The molecule has 0 spiro atoms. The summed E-state index contributed by atoms with van der Waals surface area (Å²) in [6.07, 6.45) is 0.538. The maximum atomic E-state index is 15.6. The molecule has 0 aliphatic carbocycles. The molecule has 0 radical (unpaired) electrons. The first-order valence-electron chi connectivity index (χ1n) is 9.71. The molecule has 1 atom stereocenters. The van der Waals surface area contributed by atoms with Gasteiger partial charge < -0.3 is 22.7 Å². The maximum Gasteiger partial charge on any atom is 0.737 e. The largest absolute Gasteiger partial charge is 0.737 e. The molecule has 3 heterocycles. The van der Waals surface area contributed by atoms with E-state index in [1.165, 1.54) is 0 Å². The third kappa shape index (κ3) is 2.84. The highest BCUT2D eigenvalue weighted by Crippen LogP contribution is 2.44. The Kier molecular flexibility index (Phi) is 4.54. The number of hydrogen-bond acceptors (Lipinski definition) is 3. The Morgan fingerprint density at radius 2 is 1.83 bits per heavy atom. The average molecular weight is 413 g/mol. The van der Waals surface area contributed by atoms with Crippen molar-refractivity contribution in [3.63, 3.8) is 0 Å². The quantitative estimate of drug-likeness (QED) is 0.470. The Balaban J connectivity index is 1.95. The summed E-state index contributed by atoms with van der Waals surface area (Å²) in [5.74, 6) is 0. The number of nitrogens with zero attached hydrogens (tertiary/aromatic N) is 3. The van der Waals surface area contributed by atoms with Crippen LogP contribution in [0.15, 0.2) is 47.7 Å². The van der Waals surface area contributed by atoms with Gasteiger partial charge >= 0.3 is 6.97 Å². The number of nitro groups is 1. The summed E-state index contributed by atoms with van der Waals surface area (Å²) in [5.41, 5.74) is 5.25. The lowest BCUT2D eigenvalue weighted by atomic mass is 9.83. The van der Waals surface area contributed by atoms with Crippen molar-refractivity contribution in [1.29, 1.82) is 0 Å². The van der Waals surface area contributed by atoms with Gasteiger partial charge in [-0.25, -0.2) is 0 Å². The molecule has 1 aromatic heterocycles. The number of fused-ring (bicyclic) bond motifs is 2. The van der Waals surface area contributed by atoms with Crippen molar-refractivity contribution in [2.24, 2.45) is 0 Å². The Morgan fingerprint density at radius 3 is 2.43 bits per heavy atom. The van der Waals surface area contributed by atoms with Gasteiger partial charge in [0.15, 0.2) is 5.70 Å². The van der Waals surface area contributed by atoms with Crippen LogP contribution in [0.25, 0.3) is 5.57 Å². The molecule has 0 unspecified atom stereocenters. The number of aryl methyl sites for hydroxylation is 2. The Bertz CT molecular complexity index is 1180. The minimum atomic E-state index is -4.04. The highest BCUT2D eigenvalue weighted by molar-refractivity contribution is 6.58. The summed E-state index contributed by atoms with van der Waals surface area (Å²) in [5, 5.41) is 20.7. The molecule has 156 valence electrons. The smallest absolute Gasteiger partial charge is 0.393 e. The van der Waals surface area contributed by atoms with Crippen molar-refractivity contribution in [2.75, 3.05) is 6.54 Å². The zero-order chi connectivity index (χ0) is 22.0. The van der Waals surface area contributed by atoms with Gasteiger partial charge in [0.2, 0.25) is 6.54 Å². The second-order valence-corrected chi connectivity index (χ2v) is 7.99. The van der Waals surface area contributed by atoms with E-state index in [0.717, 1.165) is 20.1 Å². The van der Waals surface area contributed by atoms with Crippen molar-refractivity contribution < 1.29 is 23.1 Å². The van der Waals surface area contributed by atoms with E-state index in [1.807, 2.05) is 13.8 Å². The number of benzene rings is 1. The van der Waals surface area contributed by atoms with Gasteiger partial charge in [-0.15, -0.1) is 0 Å². The van der Waals surface area contributed by atoms with E-state index in [4.69, 9.17) is 0 Å². The molecule has 4 rings (SSSR count). The van der Waals surface area contributed by atoms with Gasteiger partial charge in [0, 0.05) is 29.2 Å². The molecule has 0 saturated heterocycles. The van der Waals surface area contributed by atoms with E-state index in [1.54, 1.807) is 50.3 Å². The molecule has 0 amide bonds. The van der Waals surface area contributed by atoms with Gasteiger partial charge in [-0.3, -0.25) is 10.1 Å². The zero-order valence-electron chi connectivity index (χ0n) is 17.2. The van der Waals surface area contributed by atoms with Crippen LogP contribution in [0.3, 0.4) is 0 Å². The molecule has 30 heavy (non-hydrogen) atoms. The number of aliphatic hydroxyl groups is 1. The molecule has 2 aliphatic rings. The average Bonchev–Trinajstić information content (AvgIpc) is 3.12. The molecule has 1 N–H and O–H groups in total. The van der Waals surface area contributed by atoms with Crippen LogP contribution < -0.4 is 0 Å². The molecule has 6 nitrogen and oxygen atoms in total. The predicted molar refractivity (Wildman–Crippen MR) is 111 cm³/mol. The van der Waals surface area contributed by atoms with Gasteiger partial charge in [-0.05, 0) is 49.2 Å². The molecule has 2 aliphatic heterocycles. The highest BCUT2D eigenvalue weighted by Gasteiger charge is 2.55. The summed E-state index contributed by atoms with van der Waals surface area (Å²) in [7, 11) is 0. The van der Waals surface area contributed by atoms with Crippen LogP contribution in [0.1, 0.15) is 48.0 Å². The second-order valence-electron chi connectivity index (χ2n) is 7.99. The van der Waals surface area contributed by atoms with Crippen molar-refractivity contribution >= 4 is 18.3 Å². The molecule has 0 saturated carbocycles. The first-order chi connectivity index (χ1) is 14.0. The van der Waals surface area contributed by atoms with Crippen LogP contribution in [-0.4, -0.2) is 38.2 Å². The first-order valence-corrected chi connectivity index (χ1v) is 9.71. The number of halogens is 2. The lowest BCUT2D eigenvalue weighted by molar-refractivity contribution is -0.491. The number of allylic oxidation sites excluding steroid dienone is 2. The molecule has 0 fully saturated rings. The Labute approximate surface area is 172 Å². The van der Waals surface area contributed by atoms with Gasteiger partial charge in [0.05, 0.1) is 5.57 Å². The maximum absolute atomic E-state index is 15.6. The number of rotatable bonds is 4. The van der Waals surface area contributed by atoms with E-state index in [2.05, 4.69) is 0 Å². The van der Waals surface area contributed by atoms with E-state index in [-0.39, 0.29) is 0 Å². The van der Waals surface area contributed by atoms with Crippen molar-refractivity contribution in [3.8, 4) is 0 Å². The number of aliphatic hydroxyl groups excluding tert-OH is 1. The van der Waals surface area contributed by atoms with Crippen molar-refractivity contribution in [2.45, 2.75) is 33.8 Å². The minimum absolute atomic E-state index is 0.410. The number of hydrogen-bond donors (Lipinski definition) is 1. The second kappa shape index (κ2) is 6.73. The predicted octanol–water partition coefficient (Wildman–Crippen LogP) is 3.84. The standard InChI is InChI=1S/C21H22BF2N3O3/c1-12-9-14(3)26-20(12)19(21-13(2)10-15(4)27(21)22(26,23)24)17-7-5-16(6-8-17)18(28)11-25(29)30/h5-10,18,28H,11H2,1-4H3/t18-/m0/s1. The molecular weight excluding hydrogens is 391 g/mol. The summed E-state index contributed by atoms with van der Waals surface area (Å²) in [4.78, 5) is 10.1. The summed E-state index contributed by atoms with van der Waals surface area (Å²) in [6.45, 7) is 2.37. The van der Waals surface area contributed by atoms with Gasteiger partial charge in [-0.2, -0.15) is 0 Å². The fourth-order valence-corrected chi connectivity index (χ4v) is 4.69. The molecular formula is C21H22BF2N3O3. The topological polar surface area (TPSA) is 71.3 Å². The zero-order valence-corrected chi connectivity index (χ0v) is 17.2. The third-order valence-electron chi connectivity index (χ3n) is 5.84. The Morgan fingerprint density at radius 1 is 1.20 bits per heavy atom. The molecule has 1 aromatic carbocycles. The lowest BCUT2D eigenvalue weighted by Crippen LogP contribution is -2.51. The first kappa shape index (κ1) is 20.2. The minimum Gasteiger partial charge on any atom is -0.393 e. The van der Waals surface area contributed by atoms with Crippen LogP contribution in [0.5, 0.6) is 0 Å². The molecule has 0 bridgehead atoms. The van der Waals surface area contributed by atoms with Crippen LogP contribution in [0, 0.1) is 24.0 Å². The van der Waals surface area contributed by atoms with Crippen LogP contribution in [-0.2, 0) is 0 Å². The molecule has 2 aromatic rings. The fraction of sp³-hybridized carbons (Fsp3) is 0.286. The van der Waals surface area contributed by atoms with Crippen LogP contribution >= 0.6 is 0 Å². The monoisotopic (exact) mass is 413 g/mol. The van der Waals surface area contributed by atoms with Crippen molar-refractivity contribution in [3.05, 3.63) is 85.9 Å². The van der Waals surface area contributed by atoms with Gasteiger partial charge in [-0.1, -0.05) is 24.3 Å². The van der Waals surface area contributed by atoms with Crippen LogP contribution in [0.4, 0.5) is 8.63 Å². The van der Waals surface area contributed by atoms with E-state index in [0.29, 0.717) is 39.5 Å². The van der Waals surface area contributed by atoms with E-state index < -0.39 is 24.5 Å². The van der Waals surface area contributed by atoms with E-state index in [9.17, 15) is 15.2 Å². The summed E-state index contributed by atoms with van der Waals surface area (Å²) < 4.78 is 33.4. The third-order valence-corrected chi connectivity index (χ3v) is 5.84. The molecule has 9 heteroatoms. The lowest BCUT2D eigenvalue weighted by Gasteiger charge is -2.34. The van der Waals surface area contributed by atoms with Crippen molar-refractivity contribution in [1.82, 2.24) is 4.48 Å². The SMILES string of the molecule is CC1=CC(C)=[N+]2C1=C(c1ccc([C@@H](O)C[N+](=O)[O-])cc1)c1c(C)cc(C)n1[B-]2(F)F. The van der Waals surface area contributed by atoms with Gasteiger partial charge in [0.1, 0.15) is 11.8 Å².